The first-order valence-electron chi connectivity index (χ1n) is 12.7. The highest BCUT2D eigenvalue weighted by molar-refractivity contribution is 5.96. The Morgan fingerprint density at radius 2 is 1.90 bits per heavy atom. The van der Waals surface area contributed by atoms with Crippen molar-refractivity contribution in [2.45, 2.75) is 38.6 Å². The lowest BCUT2D eigenvalue weighted by Gasteiger charge is -2.30. The van der Waals surface area contributed by atoms with Gasteiger partial charge in [-0.2, -0.15) is 13.2 Å². The number of likely N-dealkylation sites (tertiary alicyclic amines) is 1. The van der Waals surface area contributed by atoms with E-state index in [1.54, 1.807) is 30.3 Å². The van der Waals surface area contributed by atoms with Crippen LogP contribution in [-0.2, 0) is 17.6 Å². The number of esters is 1. The number of carbonyl (C=O) groups excluding carboxylic acids is 2. The molecule has 1 aromatic heterocycles. The van der Waals surface area contributed by atoms with Crippen molar-refractivity contribution in [2.24, 2.45) is 0 Å². The molecule has 0 saturated carbocycles. The highest BCUT2D eigenvalue weighted by Gasteiger charge is 2.33. The van der Waals surface area contributed by atoms with E-state index < -0.39 is 36.8 Å². The van der Waals surface area contributed by atoms with Crippen LogP contribution in [-0.4, -0.2) is 64.8 Å². The van der Waals surface area contributed by atoms with Crippen molar-refractivity contribution < 1.29 is 32.6 Å². The number of rotatable bonds is 8. The van der Waals surface area contributed by atoms with Crippen LogP contribution >= 0.6 is 0 Å². The van der Waals surface area contributed by atoms with E-state index in [4.69, 9.17) is 4.74 Å². The largest absolute Gasteiger partial charge is 0.424 e. The molecule has 1 saturated heterocycles. The molecule has 4 rings (SSSR count). The van der Waals surface area contributed by atoms with E-state index in [1.807, 2.05) is 7.05 Å². The van der Waals surface area contributed by atoms with Crippen LogP contribution in [0.25, 0.3) is 11.3 Å². The SMILES string of the molecule is Cc1cc(C(F)(F)F)cc(OC(=O)CNC(=O)c2ccccc2)c1-c1cc(CO)c(N[C@@H]2CCCN(C)C2)nn1. The van der Waals surface area contributed by atoms with Crippen LogP contribution in [0.5, 0.6) is 5.75 Å². The predicted molar refractivity (Wildman–Crippen MR) is 142 cm³/mol. The number of hydrogen-bond donors (Lipinski definition) is 3. The lowest BCUT2D eigenvalue weighted by atomic mass is 9.99. The third-order valence-corrected chi connectivity index (χ3v) is 6.54. The molecule has 1 aliphatic rings. The molecule has 212 valence electrons. The molecule has 1 aliphatic heterocycles. The van der Waals surface area contributed by atoms with Gasteiger partial charge in [-0.05, 0) is 69.3 Å². The number of likely N-dealkylation sites (N-methyl/N-ethyl adjacent to an activating group) is 1. The third kappa shape index (κ3) is 7.13. The van der Waals surface area contributed by atoms with Crippen LogP contribution in [0.15, 0.2) is 48.5 Å². The zero-order chi connectivity index (χ0) is 28.9. The lowest BCUT2D eigenvalue weighted by molar-refractivity contribution is -0.138. The summed E-state index contributed by atoms with van der Waals surface area (Å²) >= 11 is 0. The van der Waals surface area contributed by atoms with Crippen LogP contribution in [0.3, 0.4) is 0 Å². The summed E-state index contributed by atoms with van der Waals surface area (Å²) in [4.78, 5) is 27.1. The number of aromatic nitrogens is 2. The van der Waals surface area contributed by atoms with Gasteiger partial charge in [-0.3, -0.25) is 4.79 Å². The number of carbonyl (C=O) groups is 2. The second-order valence-corrected chi connectivity index (χ2v) is 9.69. The van der Waals surface area contributed by atoms with Crippen molar-refractivity contribution in [3.63, 3.8) is 0 Å². The molecule has 2 heterocycles. The standard InChI is InChI=1S/C28H30F3N5O4/c1-17-11-20(28(29,30)31)13-23(40-24(38)14-32-27(39)18-7-4-3-5-8-18)25(17)22-12-19(16-37)26(35-34-22)33-21-9-6-10-36(2)15-21/h3-5,7-8,11-13,21,37H,6,9-10,14-16H2,1-2H3,(H,32,39)(H,33,35)/t21-/m1/s1. The number of piperidine rings is 1. The van der Waals surface area contributed by atoms with Crippen molar-refractivity contribution in [2.75, 3.05) is 32.0 Å². The molecule has 0 aliphatic carbocycles. The fourth-order valence-electron chi connectivity index (χ4n) is 4.60. The van der Waals surface area contributed by atoms with E-state index in [-0.39, 0.29) is 28.6 Å². The maximum absolute atomic E-state index is 13.6. The number of nitrogens with zero attached hydrogens (tertiary/aromatic N) is 3. The van der Waals surface area contributed by atoms with Gasteiger partial charge in [-0.1, -0.05) is 18.2 Å². The number of aryl methyl sites for hydroxylation is 1. The third-order valence-electron chi connectivity index (χ3n) is 6.54. The minimum atomic E-state index is -4.70. The second-order valence-electron chi connectivity index (χ2n) is 9.69. The number of amides is 1. The minimum absolute atomic E-state index is 0.0969. The zero-order valence-corrected chi connectivity index (χ0v) is 22.1. The summed E-state index contributed by atoms with van der Waals surface area (Å²) in [5.74, 6) is -1.53. The van der Waals surface area contributed by atoms with E-state index in [0.717, 1.165) is 32.0 Å². The first-order chi connectivity index (χ1) is 19.0. The predicted octanol–water partition coefficient (Wildman–Crippen LogP) is 3.80. The number of alkyl halides is 3. The Morgan fingerprint density at radius 3 is 2.58 bits per heavy atom. The molecule has 40 heavy (non-hydrogen) atoms. The maximum Gasteiger partial charge on any atom is 0.416 e. The quantitative estimate of drug-likeness (QED) is 0.283. The van der Waals surface area contributed by atoms with Crippen LogP contribution in [0, 0.1) is 6.92 Å². The molecule has 1 amide bonds. The Hall–Kier alpha value is -4.03. The van der Waals surface area contributed by atoms with Gasteiger partial charge in [0.1, 0.15) is 12.3 Å². The van der Waals surface area contributed by atoms with E-state index in [1.165, 1.54) is 13.0 Å². The molecular weight excluding hydrogens is 527 g/mol. The summed E-state index contributed by atoms with van der Waals surface area (Å²) in [6.45, 7) is 2.24. The molecule has 0 bridgehead atoms. The molecule has 0 spiro atoms. The summed E-state index contributed by atoms with van der Waals surface area (Å²) < 4.78 is 46.2. The minimum Gasteiger partial charge on any atom is -0.424 e. The van der Waals surface area contributed by atoms with Crippen molar-refractivity contribution >= 4 is 17.7 Å². The summed E-state index contributed by atoms with van der Waals surface area (Å²) in [7, 11) is 2.01. The maximum atomic E-state index is 13.6. The average Bonchev–Trinajstić information content (AvgIpc) is 2.92. The van der Waals surface area contributed by atoms with Crippen molar-refractivity contribution in [3.05, 3.63) is 70.8 Å². The molecule has 3 N–H and O–H groups in total. The number of benzene rings is 2. The second kappa shape index (κ2) is 12.4. The number of nitrogens with one attached hydrogen (secondary N) is 2. The molecule has 9 nitrogen and oxygen atoms in total. The molecule has 1 fully saturated rings. The summed E-state index contributed by atoms with van der Waals surface area (Å²) in [6, 6.07) is 11.4. The smallest absolute Gasteiger partial charge is 0.416 e. The molecule has 3 aromatic rings. The fraction of sp³-hybridized carbons (Fsp3) is 0.357. The van der Waals surface area contributed by atoms with Crippen molar-refractivity contribution in [1.82, 2.24) is 20.4 Å². The van der Waals surface area contributed by atoms with Crippen molar-refractivity contribution in [3.8, 4) is 17.0 Å². The van der Waals surface area contributed by atoms with Crippen molar-refractivity contribution in [1.29, 1.82) is 0 Å². The van der Waals surface area contributed by atoms with Gasteiger partial charge in [0.25, 0.3) is 5.91 Å². The number of ether oxygens (including phenoxy) is 1. The van der Waals surface area contributed by atoms with Crippen LogP contribution < -0.4 is 15.4 Å². The van der Waals surface area contributed by atoms with Crippen LogP contribution in [0.1, 0.15) is 39.9 Å². The summed E-state index contributed by atoms with van der Waals surface area (Å²) in [5, 5.41) is 24.1. The molecule has 12 heteroatoms. The zero-order valence-electron chi connectivity index (χ0n) is 22.1. The van der Waals surface area contributed by atoms with Gasteiger partial charge < -0.3 is 25.4 Å². The van der Waals surface area contributed by atoms with Gasteiger partial charge in [0.2, 0.25) is 0 Å². The average molecular weight is 558 g/mol. The summed E-state index contributed by atoms with van der Waals surface area (Å²) in [6.07, 6.45) is -2.79. The van der Waals surface area contributed by atoms with Gasteiger partial charge in [-0.15, -0.1) is 10.2 Å². The fourth-order valence-corrected chi connectivity index (χ4v) is 4.60. The number of aliphatic hydroxyl groups excluding tert-OH is 1. The van der Waals surface area contributed by atoms with Gasteiger partial charge in [0.15, 0.2) is 5.82 Å². The Bertz CT molecular complexity index is 1370. The first-order valence-corrected chi connectivity index (χ1v) is 12.7. The highest BCUT2D eigenvalue weighted by atomic mass is 19.4. The Balaban J connectivity index is 1.61. The van der Waals surface area contributed by atoms with Gasteiger partial charge in [-0.25, -0.2) is 4.79 Å². The summed E-state index contributed by atoms with van der Waals surface area (Å²) in [5.41, 5.74) is 0.0643. The number of halogens is 3. The monoisotopic (exact) mass is 557 g/mol. The molecule has 1 atom stereocenters. The molecule has 0 unspecified atom stereocenters. The van der Waals surface area contributed by atoms with E-state index in [2.05, 4.69) is 25.7 Å². The normalized spacial score (nSPS) is 15.9. The van der Waals surface area contributed by atoms with Gasteiger partial charge in [0, 0.05) is 29.3 Å². The van der Waals surface area contributed by atoms with Crippen LogP contribution in [0.4, 0.5) is 19.0 Å². The Labute approximate surface area is 229 Å². The first kappa shape index (κ1) is 29.0. The lowest BCUT2D eigenvalue weighted by Crippen LogP contribution is -2.40. The van der Waals surface area contributed by atoms with E-state index in [9.17, 15) is 27.9 Å². The van der Waals surface area contributed by atoms with Crippen LogP contribution in [0.2, 0.25) is 0 Å². The molecule has 0 radical (unpaired) electrons. The Morgan fingerprint density at radius 1 is 1.15 bits per heavy atom. The number of anilines is 1. The van der Waals surface area contributed by atoms with E-state index in [0.29, 0.717) is 23.0 Å². The molecular formula is C28H30F3N5O4. The topological polar surface area (TPSA) is 117 Å². The van der Waals surface area contributed by atoms with E-state index >= 15 is 0 Å². The number of hydrogen-bond acceptors (Lipinski definition) is 8. The van der Waals surface area contributed by atoms with Gasteiger partial charge >= 0.3 is 12.1 Å². The molecule has 2 aromatic carbocycles. The van der Waals surface area contributed by atoms with Gasteiger partial charge in [0.05, 0.1) is 17.9 Å². The Kier molecular flexibility index (Phi) is 9.00. The number of aliphatic hydroxyl groups is 1. The highest BCUT2D eigenvalue weighted by Crippen LogP contribution is 2.39.